The minimum Gasteiger partial charge on any atom is -0.465 e. The Balaban J connectivity index is 1.72. The Morgan fingerprint density at radius 1 is 1.07 bits per heavy atom. The number of nitrogens with zero attached hydrogens (tertiary/aromatic N) is 1. The first-order valence-corrected chi connectivity index (χ1v) is 10.9. The molecule has 3 rings (SSSR count). The van der Waals surface area contributed by atoms with Crippen LogP contribution in [0.1, 0.15) is 61.6 Å². The van der Waals surface area contributed by atoms with Crippen molar-refractivity contribution in [1.29, 1.82) is 0 Å². The number of hydrogen-bond donors (Lipinski definition) is 1. The van der Waals surface area contributed by atoms with Crippen molar-refractivity contribution in [3.63, 3.8) is 0 Å². The van der Waals surface area contributed by atoms with E-state index in [1.54, 1.807) is 0 Å². The molecule has 0 aliphatic carbocycles. The zero-order valence-corrected chi connectivity index (χ0v) is 18.1. The quantitative estimate of drug-likeness (QED) is 0.441. The molecule has 2 aromatic heterocycles. The Morgan fingerprint density at radius 2 is 1.73 bits per heavy atom. The number of aliphatic hydroxyl groups is 1. The summed E-state index contributed by atoms with van der Waals surface area (Å²) in [5.74, 6) is 3.30. The molecule has 0 saturated carbocycles. The van der Waals surface area contributed by atoms with Crippen LogP contribution in [0.3, 0.4) is 0 Å². The molecule has 1 unspecified atom stereocenters. The summed E-state index contributed by atoms with van der Waals surface area (Å²) in [5.41, 5.74) is -1.00. The number of hydrogen-bond acceptors (Lipinski definition) is 5. The van der Waals surface area contributed by atoms with Crippen LogP contribution in [0.5, 0.6) is 0 Å². The van der Waals surface area contributed by atoms with Crippen molar-refractivity contribution in [1.82, 2.24) is 4.90 Å². The van der Waals surface area contributed by atoms with Gasteiger partial charge in [-0.15, -0.1) is 13.2 Å². The molecule has 1 aliphatic rings. The predicted octanol–water partition coefficient (Wildman–Crippen LogP) is 5.48. The van der Waals surface area contributed by atoms with E-state index in [9.17, 15) is 5.11 Å². The van der Waals surface area contributed by atoms with Crippen molar-refractivity contribution in [2.45, 2.75) is 70.2 Å². The summed E-state index contributed by atoms with van der Waals surface area (Å²) in [5, 5.41) is 11.2. The highest BCUT2D eigenvalue weighted by Gasteiger charge is 2.31. The van der Waals surface area contributed by atoms with E-state index in [2.05, 4.69) is 18.1 Å². The standard InChI is InChI=1S/C25H35NO4/c1-4-6-14-25(27,15-7-5-2)24-13-12-23(30-24)19-26(17-21-9-8-16-28-21)18-22-11-10-20(3)29-22/h4-5,10-13,21,27H,1-2,6-9,14-19H2,3H3. The number of furan rings is 2. The predicted molar refractivity (Wildman–Crippen MR) is 118 cm³/mol. The second kappa shape index (κ2) is 10.8. The molecule has 1 atom stereocenters. The molecule has 1 N–H and O–H groups in total. The normalized spacial score (nSPS) is 17.0. The van der Waals surface area contributed by atoms with Crippen molar-refractivity contribution < 1.29 is 18.7 Å². The summed E-state index contributed by atoms with van der Waals surface area (Å²) >= 11 is 0. The summed E-state index contributed by atoms with van der Waals surface area (Å²) in [6.45, 7) is 12.5. The molecule has 3 heterocycles. The van der Waals surface area contributed by atoms with Gasteiger partial charge in [-0.05, 0) is 69.7 Å². The molecule has 2 aromatic rings. The summed E-state index contributed by atoms with van der Waals surface area (Å²) in [7, 11) is 0. The van der Waals surface area contributed by atoms with Gasteiger partial charge in [0, 0.05) is 13.2 Å². The van der Waals surface area contributed by atoms with Gasteiger partial charge in [0.05, 0.1) is 19.2 Å². The highest BCUT2D eigenvalue weighted by molar-refractivity contribution is 5.15. The Hall–Kier alpha value is -2.08. The van der Waals surface area contributed by atoms with Crippen molar-refractivity contribution in [3.8, 4) is 0 Å². The first-order chi connectivity index (χ1) is 14.5. The molecular weight excluding hydrogens is 378 g/mol. The highest BCUT2D eigenvalue weighted by Crippen LogP contribution is 2.33. The Kier molecular flexibility index (Phi) is 8.14. The van der Waals surface area contributed by atoms with Crippen molar-refractivity contribution >= 4 is 0 Å². The topological polar surface area (TPSA) is 59.0 Å². The molecule has 1 aliphatic heterocycles. The largest absolute Gasteiger partial charge is 0.465 e. The zero-order valence-electron chi connectivity index (χ0n) is 18.1. The van der Waals surface area contributed by atoms with Gasteiger partial charge < -0.3 is 18.7 Å². The highest BCUT2D eigenvalue weighted by atomic mass is 16.5. The second-order valence-electron chi connectivity index (χ2n) is 8.27. The Morgan fingerprint density at radius 3 is 2.30 bits per heavy atom. The zero-order chi connectivity index (χ0) is 21.4. The maximum Gasteiger partial charge on any atom is 0.135 e. The third-order valence-electron chi connectivity index (χ3n) is 5.69. The fourth-order valence-corrected chi connectivity index (χ4v) is 4.04. The van der Waals surface area contributed by atoms with E-state index in [1.807, 2.05) is 43.3 Å². The van der Waals surface area contributed by atoms with Gasteiger partial charge in [-0.2, -0.15) is 0 Å². The third-order valence-corrected chi connectivity index (χ3v) is 5.69. The van der Waals surface area contributed by atoms with Crippen LogP contribution in [-0.4, -0.2) is 29.3 Å². The van der Waals surface area contributed by atoms with Gasteiger partial charge in [-0.1, -0.05) is 12.2 Å². The minimum atomic E-state index is -1.00. The van der Waals surface area contributed by atoms with E-state index in [0.717, 1.165) is 56.1 Å². The maximum absolute atomic E-state index is 11.2. The van der Waals surface area contributed by atoms with Gasteiger partial charge in [0.2, 0.25) is 0 Å². The average Bonchev–Trinajstić information content (AvgIpc) is 3.48. The number of ether oxygens (including phenoxy) is 1. The van der Waals surface area contributed by atoms with Gasteiger partial charge >= 0.3 is 0 Å². The van der Waals surface area contributed by atoms with Gasteiger partial charge in [-0.25, -0.2) is 0 Å². The van der Waals surface area contributed by atoms with Crippen LogP contribution in [-0.2, 0) is 23.4 Å². The van der Waals surface area contributed by atoms with Crippen LogP contribution < -0.4 is 0 Å². The molecule has 0 bridgehead atoms. The van der Waals surface area contributed by atoms with Crippen molar-refractivity contribution in [2.75, 3.05) is 13.2 Å². The monoisotopic (exact) mass is 413 g/mol. The fraction of sp³-hybridized carbons (Fsp3) is 0.520. The molecule has 5 heteroatoms. The molecule has 1 fully saturated rings. The number of aryl methyl sites for hydroxylation is 1. The SMILES string of the molecule is C=CCCC(O)(CCC=C)c1ccc(CN(Cc2ccc(C)o2)CC2CCCO2)o1. The number of rotatable bonds is 13. The summed E-state index contributed by atoms with van der Waals surface area (Å²) in [6.07, 6.45) is 8.73. The lowest BCUT2D eigenvalue weighted by molar-refractivity contribution is -0.00269. The van der Waals surface area contributed by atoms with Crippen LogP contribution >= 0.6 is 0 Å². The van der Waals surface area contributed by atoms with Crippen LogP contribution in [0.2, 0.25) is 0 Å². The molecule has 0 spiro atoms. The Labute approximate surface area is 180 Å². The van der Waals surface area contributed by atoms with Crippen molar-refractivity contribution in [3.05, 3.63) is 72.6 Å². The van der Waals surface area contributed by atoms with Crippen molar-refractivity contribution in [2.24, 2.45) is 0 Å². The minimum absolute atomic E-state index is 0.243. The van der Waals surface area contributed by atoms with Crippen LogP contribution in [0, 0.1) is 6.92 Å². The van der Waals surface area contributed by atoms with Crippen LogP contribution in [0.25, 0.3) is 0 Å². The Bertz CT molecular complexity index is 788. The molecule has 1 saturated heterocycles. The first kappa shape index (κ1) is 22.6. The van der Waals surface area contributed by atoms with E-state index in [-0.39, 0.29) is 6.10 Å². The lowest BCUT2D eigenvalue weighted by Gasteiger charge is -2.26. The molecule has 0 radical (unpaired) electrons. The van der Waals surface area contributed by atoms with Crippen LogP contribution in [0.4, 0.5) is 0 Å². The third kappa shape index (κ3) is 6.21. The molecular formula is C25H35NO4. The summed E-state index contributed by atoms with van der Waals surface area (Å²) < 4.78 is 17.8. The lowest BCUT2D eigenvalue weighted by atomic mass is 9.89. The smallest absolute Gasteiger partial charge is 0.135 e. The molecule has 164 valence electrons. The van der Waals surface area contributed by atoms with Gasteiger partial charge in [-0.3, -0.25) is 4.90 Å². The fourth-order valence-electron chi connectivity index (χ4n) is 4.04. The first-order valence-electron chi connectivity index (χ1n) is 10.9. The molecule has 0 amide bonds. The summed E-state index contributed by atoms with van der Waals surface area (Å²) in [6, 6.07) is 7.89. The second-order valence-corrected chi connectivity index (χ2v) is 8.27. The maximum atomic E-state index is 11.2. The summed E-state index contributed by atoms with van der Waals surface area (Å²) in [4.78, 5) is 2.30. The van der Waals surface area contributed by atoms with E-state index >= 15 is 0 Å². The van der Waals surface area contributed by atoms with E-state index in [1.165, 1.54) is 0 Å². The number of allylic oxidation sites excluding steroid dienone is 2. The molecule has 5 nitrogen and oxygen atoms in total. The molecule has 30 heavy (non-hydrogen) atoms. The van der Waals surface area contributed by atoms with E-state index in [0.29, 0.717) is 31.7 Å². The van der Waals surface area contributed by atoms with E-state index in [4.69, 9.17) is 13.6 Å². The van der Waals surface area contributed by atoms with Gasteiger partial charge in [0.1, 0.15) is 28.6 Å². The average molecular weight is 414 g/mol. The lowest BCUT2D eigenvalue weighted by Crippen LogP contribution is -2.31. The van der Waals surface area contributed by atoms with Crippen LogP contribution in [0.15, 0.2) is 58.4 Å². The van der Waals surface area contributed by atoms with Gasteiger partial charge in [0.15, 0.2) is 0 Å². The molecule has 0 aromatic carbocycles. The van der Waals surface area contributed by atoms with E-state index < -0.39 is 5.60 Å². The van der Waals surface area contributed by atoms with Gasteiger partial charge in [0.25, 0.3) is 0 Å².